The van der Waals surface area contributed by atoms with Crippen molar-refractivity contribution in [1.29, 1.82) is 0 Å². The third kappa shape index (κ3) is 3.09. The highest BCUT2D eigenvalue weighted by atomic mass is 16.5. The summed E-state index contributed by atoms with van der Waals surface area (Å²) >= 11 is 0. The number of hydrogen-bond acceptors (Lipinski definition) is 6. The summed E-state index contributed by atoms with van der Waals surface area (Å²) in [6.07, 6.45) is 0. The van der Waals surface area contributed by atoms with Gasteiger partial charge in [0.15, 0.2) is 0 Å². The first-order chi connectivity index (χ1) is 12.4. The molecule has 0 atom stereocenters. The molecule has 0 bridgehead atoms. The first kappa shape index (κ1) is 16.4. The van der Waals surface area contributed by atoms with Crippen molar-refractivity contribution in [2.24, 2.45) is 0 Å². The second-order valence-electron chi connectivity index (χ2n) is 7.00. The Kier molecular flexibility index (Phi) is 3.81. The molecule has 0 saturated carbocycles. The number of nitrogens with zero attached hydrogens (tertiary/aromatic N) is 5. The molecule has 4 rings (SSSR count). The van der Waals surface area contributed by atoms with Crippen LogP contribution in [0.2, 0.25) is 0 Å². The van der Waals surface area contributed by atoms with Crippen molar-refractivity contribution in [3.05, 3.63) is 48.0 Å². The maximum absolute atomic E-state index is 9.99. The maximum Gasteiger partial charge on any atom is 0.258 e. The Labute approximate surface area is 150 Å². The lowest BCUT2D eigenvalue weighted by atomic mass is 10.1. The van der Waals surface area contributed by atoms with Gasteiger partial charge in [-0.05, 0) is 44.5 Å². The second-order valence-corrected chi connectivity index (χ2v) is 7.00. The van der Waals surface area contributed by atoms with Crippen LogP contribution in [0, 0.1) is 6.92 Å². The molecule has 7 nitrogen and oxygen atoms in total. The normalized spacial score (nSPS) is 12.0. The summed E-state index contributed by atoms with van der Waals surface area (Å²) in [5, 5.41) is 22.4. The smallest absolute Gasteiger partial charge is 0.258 e. The molecular weight excluding hydrogens is 330 g/mol. The molecule has 132 valence electrons. The monoisotopic (exact) mass is 349 g/mol. The fraction of sp³-hybridized carbons (Fsp3) is 0.263. The Balaban J connectivity index is 1.69. The quantitative estimate of drug-likeness (QED) is 0.608. The Morgan fingerprint density at radius 3 is 2.73 bits per heavy atom. The molecular formula is C19H19N5O2. The lowest BCUT2D eigenvalue weighted by Gasteiger charge is -2.16. The van der Waals surface area contributed by atoms with Crippen molar-refractivity contribution in [2.75, 3.05) is 0 Å². The van der Waals surface area contributed by atoms with Crippen LogP contribution in [0.5, 0.6) is 0 Å². The van der Waals surface area contributed by atoms with Gasteiger partial charge in [-0.2, -0.15) is 4.98 Å². The van der Waals surface area contributed by atoms with Crippen molar-refractivity contribution in [1.82, 2.24) is 25.1 Å². The molecule has 0 saturated heterocycles. The van der Waals surface area contributed by atoms with Crippen molar-refractivity contribution in [3.63, 3.8) is 0 Å². The molecule has 0 amide bonds. The third-order valence-electron chi connectivity index (χ3n) is 4.11. The van der Waals surface area contributed by atoms with Gasteiger partial charge in [0.2, 0.25) is 5.82 Å². The van der Waals surface area contributed by atoms with Crippen LogP contribution in [0.15, 0.2) is 47.0 Å². The number of benzene rings is 2. The van der Waals surface area contributed by atoms with Gasteiger partial charge in [0.1, 0.15) is 5.52 Å². The predicted molar refractivity (Wildman–Crippen MR) is 97.3 cm³/mol. The van der Waals surface area contributed by atoms with Gasteiger partial charge in [-0.1, -0.05) is 34.6 Å². The lowest BCUT2D eigenvalue weighted by molar-refractivity contribution is 0.0585. The van der Waals surface area contributed by atoms with E-state index in [1.54, 1.807) is 18.5 Å². The van der Waals surface area contributed by atoms with Crippen LogP contribution in [0.4, 0.5) is 0 Å². The van der Waals surface area contributed by atoms with E-state index in [-0.39, 0.29) is 0 Å². The van der Waals surface area contributed by atoms with Crippen LogP contribution in [0.3, 0.4) is 0 Å². The lowest BCUT2D eigenvalue weighted by Crippen LogP contribution is -2.26. The average molecular weight is 349 g/mol. The molecule has 26 heavy (non-hydrogen) atoms. The molecule has 0 fully saturated rings. The van der Waals surface area contributed by atoms with Crippen LogP contribution in [-0.2, 0) is 6.54 Å². The highest BCUT2D eigenvalue weighted by molar-refractivity contribution is 5.79. The van der Waals surface area contributed by atoms with Crippen molar-refractivity contribution in [3.8, 4) is 22.8 Å². The van der Waals surface area contributed by atoms with Gasteiger partial charge in [0.05, 0.1) is 17.7 Å². The number of hydrogen-bond donors (Lipinski definition) is 1. The highest BCUT2D eigenvalue weighted by Crippen LogP contribution is 2.26. The summed E-state index contributed by atoms with van der Waals surface area (Å²) < 4.78 is 7.13. The fourth-order valence-electron chi connectivity index (χ4n) is 2.86. The minimum absolute atomic E-state index is 0.362. The molecule has 0 aliphatic carbocycles. The van der Waals surface area contributed by atoms with E-state index in [4.69, 9.17) is 4.52 Å². The Hall–Kier alpha value is -3.06. The van der Waals surface area contributed by atoms with E-state index in [0.29, 0.717) is 23.8 Å². The predicted octanol–water partition coefficient (Wildman–Crippen LogP) is 3.23. The molecule has 0 spiro atoms. The zero-order chi connectivity index (χ0) is 18.3. The van der Waals surface area contributed by atoms with Crippen LogP contribution in [-0.4, -0.2) is 35.8 Å². The number of aryl methyl sites for hydroxylation is 1. The number of aliphatic hydroxyl groups is 1. The van der Waals surface area contributed by atoms with E-state index in [2.05, 4.69) is 20.5 Å². The minimum Gasteiger partial charge on any atom is -0.389 e. The summed E-state index contributed by atoms with van der Waals surface area (Å²) in [6, 6.07) is 13.6. The summed E-state index contributed by atoms with van der Waals surface area (Å²) in [7, 11) is 0. The van der Waals surface area contributed by atoms with Crippen LogP contribution >= 0.6 is 0 Å². The largest absolute Gasteiger partial charge is 0.389 e. The molecule has 0 aliphatic rings. The molecule has 7 heteroatoms. The van der Waals surface area contributed by atoms with Gasteiger partial charge in [-0.3, -0.25) is 0 Å². The zero-order valence-corrected chi connectivity index (χ0v) is 14.8. The van der Waals surface area contributed by atoms with Gasteiger partial charge in [0, 0.05) is 11.1 Å². The topological polar surface area (TPSA) is 89.9 Å². The van der Waals surface area contributed by atoms with Gasteiger partial charge in [0.25, 0.3) is 5.89 Å². The average Bonchev–Trinajstić information content (AvgIpc) is 3.21. The number of fused-ring (bicyclic) bond motifs is 1. The molecule has 0 radical (unpaired) electrons. The van der Waals surface area contributed by atoms with Gasteiger partial charge in [-0.15, -0.1) is 5.10 Å². The molecule has 2 aromatic heterocycles. The number of aromatic nitrogens is 5. The molecule has 1 N–H and O–H groups in total. The van der Waals surface area contributed by atoms with Gasteiger partial charge >= 0.3 is 0 Å². The second kappa shape index (κ2) is 6.03. The summed E-state index contributed by atoms with van der Waals surface area (Å²) in [6.45, 7) is 5.85. The first-order valence-corrected chi connectivity index (χ1v) is 8.36. The van der Waals surface area contributed by atoms with Crippen molar-refractivity contribution >= 4 is 11.0 Å². The number of rotatable bonds is 4. The van der Waals surface area contributed by atoms with E-state index >= 15 is 0 Å². The minimum atomic E-state index is -0.867. The van der Waals surface area contributed by atoms with Crippen molar-refractivity contribution in [2.45, 2.75) is 32.9 Å². The summed E-state index contributed by atoms with van der Waals surface area (Å²) in [5.41, 5.74) is 3.50. The SMILES string of the molecule is Cc1ccccc1-c1noc(-c2ccc3c(c2)nnn3CC(C)(C)O)n1. The Bertz CT molecular complexity index is 1070. The first-order valence-electron chi connectivity index (χ1n) is 8.36. The standard InChI is InChI=1S/C19H19N5O2/c1-12-6-4-5-7-14(12)17-20-18(26-22-17)13-8-9-16-15(10-13)21-23-24(16)11-19(2,3)25/h4-10,25H,11H2,1-3H3. The van der Waals surface area contributed by atoms with E-state index < -0.39 is 5.60 Å². The van der Waals surface area contributed by atoms with E-state index in [1.165, 1.54) is 0 Å². The Morgan fingerprint density at radius 1 is 1.15 bits per heavy atom. The van der Waals surface area contributed by atoms with Crippen LogP contribution in [0.1, 0.15) is 19.4 Å². The van der Waals surface area contributed by atoms with Gasteiger partial charge in [-0.25, -0.2) is 4.68 Å². The summed E-state index contributed by atoms with van der Waals surface area (Å²) in [5.74, 6) is 0.992. The molecule has 4 aromatic rings. The highest BCUT2D eigenvalue weighted by Gasteiger charge is 2.18. The molecule has 2 heterocycles. The third-order valence-corrected chi connectivity index (χ3v) is 4.11. The van der Waals surface area contributed by atoms with E-state index in [0.717, 1.165) is 22.2 Å². The van der Waals surface area contributed by atoms with E-state index in [1.807, 2.05) is 49.4 Å². The zero-order valence-electron chi connectivity index (χ0n) is 14.8. The van der Waals surface area contributed by atoms with Crippen LogP contribution in [0.25, 0.3) is 33.9 Å². The Morgan fingerprint density at radius 2 is 1.96 bits per heavy atom. The summed E-state index contributed by atoms with van der Waals surface area (Å²) in [4.78, 5) is 4.51. The molecule has 0 unspecified atom stereocenters. The molecule has 0 aliphatic heterocycles. The van der Waals surface area contributed by atoms with E-state index in [9.17, 15) is 5.11 Å². The maximum atomic E-state index is 9.99. The van der Waals surface area contributed by atoms with Gasteiger partial charge < -0.3 is 9.63 Å². The molecule has 2 aromatic carbocycles. The fourth-order valence-corrected chi connectivity index (χ4v) is 2.86. The van der Waals surface area contributed by atoms with Crippen LogP contribution < -0.4 is 0 Å². The van der Waals surface area contributed by atoms with Crippen molar-refractivity contribution < 1.29 is 9.63 Å².